The Morgan fingerprint density at radius 3 is 2.79 bits per heavy atom. The average Bonchev–Trinajstić information content (AvgIpc) is 3.27. The molecule has 1 aliphatic heterocycles. The van der Waals surface area contributed by atoms with Gasteiger partial charge in [-0.2, -0.15) is 10.1 Å². The zero-order valence-corrected chi connectivity index (χ0v) is 15.7. The molecule has 4 N–H and O–H groups in total. The Morgan fingerprint density at radius 1 is 1.25 bits per heavy atom. The lowest BCUT2D eigenvalue weighted by Crippen LogP contribution is -2.66. The number of aromatic amines is 1. The summed E-state index contributed by atoms with van der Waals surface area (Å²) in [5.41, 5.74) is 1.36. The average molecular weight is 383 g/mol. The Hall–Kier alpha value is -2.84. The van der Waals surface area contributed by atoms with E-state index < -0.39 is 6.09 Å². The molecule has 28 heavy (non-hydrogen) atoms. The molecule has 2 saturated carbocycles. The molecule has 2 aromatic heterocycles. The van der Waals surface area contributed by atoms with E-state index in [2.05, 4.69) is 36.9 Å². The third-order valence-corrected chi connectivity index (χ3v) is 6.32. The Morgan fingerprint density at radius 2 is 2.04 bits per heavy atom. The summed E-state index contributed by atoms with van der Waals surface area (Å²) in [6, 6.07) is 4.20. The second-order valence-electron chi connectivity index (χ2n) is 8.47. The first-order valence-corrected chi connectivity index (χ1v) is 9.98. The number of anilines is 3. The third-order valence-electron chi connectivity index (χ3n) is 6.32. The fourth-order valence-electron chi connectivity index (χ4n) is 4.90. The number of H-pyrrole nitrogens is 1. The summed E-state index contributed by atoms with van der Waals surface area (Å²) in [4.78, 5) is 21.2. The summed E-state index contributed by atoms with van der Waals surface area (Å²) in [6.45, 7) is 1.29. The Labute approximate surface area is 163 Å². The topological polar surface area (TPSA) is 119 Å². The molecule has 3 aliphatic rings. The van der Waals surface area contributed by atoms with Crippen LogP contribution in [-0.2, 0) is 0 Å². The molecule has 0 unspecified atom stereocenters. The molecule has 0 bridgehead atoms. The van der Waals surface area contributed by atoms with Crippen LogP contribution in [0.2, 0.25) is 0 Å². The lowest BCUT2D eigenvalue weighted by atomic mass is 9.61. The Kier molecular flexibility index (Phi) is 4.10. The molecule has 0 atom stereocenters. The maximum Gasteiger partial charge on any atom is 0.407 e. The van der Waals surface area contributed by atoms with Crippen molar-refractivity contribution in [3.05, 3.63) is 24.0 Å². The van der Waals surface area contributed by atoms with Gasteiger partial charge in [0.1, 0.15) is 5.82 Å². The quantitative estimate of drug-likeness (QED) is 0.626. The van der Waals surface area contributed by atoms with Crippen molar-refractivity contribution >= 4 is 23.7 Å². The van der Waals surface area contributed by atoms with Crippen LogP contribution in [-0.4, -0.2) is 55.4 Å². The van der Waals surface area contributed by atoms with Crippen LogP contribution < -0.4 is 10.6 Å². The molecule has 1 saturated heterocycles. The van der Waals surface area contributed by atoms with Crippen LogP contribution in [0.25, 0.3) is 0 Å². The molecule has 0 radical (unpaired) electrons. The number of carboxylic acid groups (broad SMARTS) is 1. The van der Waals surface area contributed by atoms with Crippen molar-refractivity contribution in [2.75, 3.05) is 23.7 Å². The van der Waals surface area contributed by atoms with E-state index in [4.69, 9.17) is 5.11 Å². The van der Waals surface area contributed by atoms with E-state index in [9.17, 15) is 4.79 Å². The van der Waals surface area contributed by atoms with E-state index in [1.165, 1.54) is 36.3 Å². The van der Waals surface area contributed by atoms with Crippen LogP contribution in [0.5, 0.6) is 0 Å². The van der Waals surface area contributed by atoms with E-state index in [-0.39, 0.29) is 5.41 Å². The second kappa shape index (κ2) is 6.65. The predicted octanol–water partition coefficient (Wildman–Crippen LogP) is 3.16. The zero-order chi connectivity index (χ0) is 19.1. The monoisotopic (exact) mass is 383 g/mol. The summed E-state index contributed by atoms with van der Waals surface area (Å²) in [7, 11) is 0. The molecule has 0 aromatic carbocycles. The molecule has 9 heteroatoms. The number of rotatable bonds is 5. The highest BCUT2D eigenvalue weighted by molar-refractivity contribution is 5.66. The van der Waals surface area contributed by atoms with Gasteiger partial charge in [0.15, 0.2) is 5.82 Å². The van der Waals surface area contributed by atoms with Crippen LogP contribution >= 0.6 is 0 Å². The number of likely N-dealkylation sites (tertiary alicyclic amines) is 1. The van der Waals surface area contributed by atoms with E-state index in [0.29, 0.717) is 36.8 Å². The minimum atomic E-state index is -0.821. The van der Waals surface area contributed by atoms with Crippen molar-refractivity contribution < 1.29 is 9.90 Å². The molecule has 9 nitrogen and oxygen atoms in total. The molecular weight excluding hydrogens is 358 g/mol. The van der Waals surface area contributed by atoms with Crippen LogP contribution in [0.15, 0.2) is 18.3 Å². The summed E-state index contributed by atoms with van der Waals surface area (Å²) in [5.74, 6) is 2.67. The van der Waals surface area contributed by atoms with Crippen LogP contribution in [0.4, 0.5) is 22.4 Å². The largest absolute Gasteiger partial charge is 0.465 e. The fraction of sp³-hybridized carbons (Fsp3) is 0.579. The smallest absolute Gasteiger partial charge is 0.407 e. The lowest BCUT2D eigenvalue weighted by molar-refractivity contribution is -0.0520. The number of hydrogen-bond donors (Lipinski definition) is 4. The summed E-state index contributed by atoms with van der Waals surface area (Å²) in [5, 5.41) is 23.1. The Bertz CT molecular complexity index is 863. The number of aromatic nitrogens is 4. The number of amides is 1. The van der Waals surface area contributed by atoms with Crippen molar-refractivity contribution in [1.82, 2.24) is 25.1 Å². The van der Waals surface area contributed by atoms with Gasteiger partial charge < -0.3 is 20.6 Å². The second-order valence-corrected chi connectivity index (χ2v) is 8.47. The highest BCUT2D eigenvalue weighted by Crippen LogP contribution is 2.49. The van der Waals surface area contributed by atoms with Crippen LogP contribution in [0, 0.1) is 5.41 Å². The van der Waals surface area contributed by atoms with Gasteiger partial charge in [0.25, 0.3) is 0 Å². The SMILES string of the molecule is O=C(O)N1CC2(CC(Nc3nccc(Nc4cc(C5CCCC5)[nH]n4)n3)C2)C1. The molecule has 3 fully saturated rings. The third kappa shape index (κ3) is 3.25. The molecular formula is C19H25N7O2. The first-order valence-electron chi connectivity index (χ1n) is 9.98. The molecule has 1 spiro atoms. The fourth-order valence-corrected chi connectivity index (χ4v) is 4.90. The van der Waals surface area contributed by atoms with E-state index in [0.717, 1.165) is 18.7 Å². The van der Waals surface area contributed by atoms with Crippen molar-refractivity contribution in [3.63, 3.8) is 0 Å². The van der Waals surface area contributed by atoms with Gasteiger partial charge in [0.05, 0.1) is 0 Å². The number of nitrogens with one attached hydrogen (secondary N) is 3. The predicted molar refractivity (Wildman–Crippen MR) is 104 cm³/mol. The summed E-state index contributed by atoms with van der Waals surface area (Å²) in [6.07, 6.45) is 7.88. The van der Waals surface area contributed by atoms with Gasteiger partial charge in [-0.15, -0.1) is 0 Å². The van der Waals surface area contributed by atoms with Crippen LogP contribution in [0.3, 0.4) is 0 Å². The highest BCUT2D eigenvalue weighted by Gasteiger charge is 2.54. The minimum Gasteiger partial charge on any atom is -0.465 e. The maximum atomic E-state index is 10.9. The van der Waals surface area contributed by atoms with Crippen molar-refractivity contribution in [1.29, 1.82) is 0 Å². The van der Waals surface area contributed by atoms with Gasteiger partial charge in [0.2, 0.25) is 5.95 Å². The van der Waals surface area contributed by atoms with E-state index in [1.807, 2.05) is 6.07 Å². The van der Waals surface area contributed by atoms with Gasteiger partial charge >= 0.3 is 6.09 Å². The molecule has 3 heterocycles. The lowest BCUT2D eigenvalue weighted by Gasteiger charge is -2.58. The van der Waals surface area contributed by atoms with Gasteiger partial charge in [-0.3, -0.25) is 5.10 Å². The van der Waals surface area contributed by atoms with E-state index >= 15 is 0 Å². The molecule has 148 valence electrons. The first kappa shape index (κ1) is 17.3. The molecule has 1 amide bonds. The zero-order valence-electron chi connectivity index (χ0n) is 15.7. The number of hydrogen-bond acceptors (Lipinski definition) is 6. The Balaban J connectivity index is 1.16. The van der Waals surface area contributed by atoms with E-state index in [1.54, 1.807) is 6.20 Å². The van der Waals surface area contributed by atoms with Crippen molar-refractivity contribution in [3.8, 4) is 0 Å². The van der Waals surface area contributed by atoms with Gasteiger partial charge in [0, 0.05) is 48.4 Å². The van der Waals surface area contributed by atoms with Crippen molar-refractivity contribution in [2.45, 2.75) is 50.5 Å². The summed E-state index contributed by atoms with van der Waals surface area (Å²) < 4.78 is 0. The van der Waals surface area contributed by atoms with Gasteiger partial charge in [-0.25, -0.2) is 9.78 Å². The minimum absolute atomic E-state index is 0.164. The highest BCUT2D eigenvalue weighted by atomic mass is 16.4. The van der Waals surface area contributed by atoms with Crippen LogP contribution in [0.1, 0.15) is 50.1 Å². The molecule has 5 rings (SSSR count). The number of nitrogens with zero attached hydrogens (tertiary/aromatic N) is 4. The van der Waals surface area contributed by atoms with Crippen molar-refractivity contribution in [2.24, 2.45) is 5.41 Å². The van der Waals surface area contributed by atoms with Gasteiger partial charge in [-0.05, 0) is 31.7 Å². The van der Waals surface area contributed by atoms with Gasteiger partial charge in [-0.1, -0.05) is 12.8 Å². The molecule has 2 aliphatic carbocycles. The number of carbonyl (C=O) groups is 1. The normalized spacial score (nSPS) is 21.4. The standard InChI is InChI=1S/C19H25N7O2/c27-18(28)26-10-19(11-26)8-13(9-19)21-17-20-6-5-15(23-17)22-16-7-14(24-25-16)12-3-1-2-4-12/h5-7,12-13H,1-4,8-11H2,(H,27,28)(H3,20,21,22,23,24,25). The maximum absolute atomic E-state index is 10.9. The summed E-state index contributed by atoms with van der Waals surface area (Å²) >= 11 is 0. The first-order chi connectivity index (χ1) is 13.6. The molecule has 2 aromatic rings.